The normalized spacial score (nSPS) is 21.5. The number of nitrogens with one attached hydrogen (secondary N) is 2. The minimum atomic E-state index is -0.581. The van der Waals surface area contributed by atoms with Crippen molar-refractivity contribution in [3.05, 3.63) is 53.4 Å². The topological polar surface area (TPSA) is 99.9 Å². The Kier molecular flexibility index (Phi) is 8.24. The van der Waals surface area contributed by atoms with Gasteiger partial charge in [0.2, 0.25) is 0 Å². The van der Waals surface area contributed by atoms with Crippen molar-refractivity contribution < 1.29 is 19.2 Å². The third kappa shape index (κ3) is 6.83. The van der Waals surface area contributed by atoms with Crippen LogP contribution in [0.1, 0.15) is 36.8 Å². The molecule has 3 rings (SSSR count). The number of aliphatic hydroxyl groups excluding tert-OH is 1. The number of carbonyl (C=O) groups is 1. The van der Waals surface area contributed by atoms with Gasteiger partial charge in [-0.25, -0.2) is 4.79 Å². The van der Waals surface area contributed by atoms with Crippen molar-refractivity contribution >= 4 is 6.03 Å². The SMILES string of the molecule is CCNC(=O)NCC1OC(Cc2cc(CN(C)Cc3ccccc3)on2)CCC1O. The monoisotopic (exact) mass is 416 g/mol. The van der Waals surface area contributed by atoms with Crippen LogP contribution < -0.4 is 10.6 Å². The lowest BCUT2D eigenvalue weighted by Crippen LogP contribution is -2.48. The van der Waals surface area contributed by atoms with Gasteiger partial charge in [-0.3, -0.25) is 4.90 Å². The first-order valence-corrected chi connectivity index (χ1v) is 10.6. The Balaban J connectivity index is 1.47. The van der Waals surface area contributed by atoms with E-state index in [9.17, 15) is 9.90 Å². The summed E-state index contributed by atoms with van der Waals surface area (Å²) in [7, 11) is 2.05. The maximum atomic E-state index is 11.6. The van der Waals surface area contributed by atoms with Crippen molar-refractivity contribution in [1.82, 2.24) is 20.7 Å². The van der Waals surface area contributed by atoms with Crippen LogP contribution in [-0.2, 0) is 24.2 Å². The van der Waals surface area contributed by atoms with Crippen LogP contribution in [0.4, 0.5) is 4.79 Å². The molecule has 0 spiro atoms. The number of rotatable bonds is 9. The molecular formula is C22H32N4O4. The minimum absolute atomic E-state index is 0.0607. The second kappa shape index (κ2) is 11.1. The zero-order valence-corrected chi connectivity index (χ0v) is 17.7. The van der Waals surface area contributed by atoms with Gasteiger partial charge < -0.3 is 25.0 Å². The molecule has 0 radical (unpaired) electrons. The highest BCUT2D eigenvalue weighted by atomic mass is 16.5. The number of carbonyl (C=O) groups excluding carboxylic acids is 1. The maximum Gasteiger partial charge on any atom is 0.314 e. The fourth-order valence-corrected chi connectivity index (χ4v) is 3.68. The molecule has 0 bridgehead atoms. The van der Waals surface area contributed by atoms with Crippen LogP contribution in [0.2, 0.25) is 0 Å². The molecule has 1 fully saturated rings. The van der Waals surface area contributed by atoms with Gasteiger partial charge in [0.05, 0.1) is 24.4 Å². The first-order chi connectivity index (χ1) is 14.5. The molecule has 1 aromatic heterocycles. The lowest BCUT2D eigenvalue weighted by Gasteiger charge is -2.33. The summed E-state index contributed by atoms with van der Waals surface area (Å²) < 4.78 is 11.5. The molecule has 2 amide bonds. The Morgan fingerprint density at radius 2 is 2.03 bits per heavy atom. The van der Waals surface area contributed by atoms with Crippen LogP contribution in [-0.4, -0.2) is 59.6 Å². The van der Waals surface area contributed by atoms with E-state index in [0.29, 0.717) is 25.9 Å². The zero-order valence-electron chi connectivity index (χ0n) is 17.7. The lowest BCUT2D eigenvalue weighted by molar-refractivity contribution is -0.113. The van der Waals surface area contributed by atoms with Gasteiger partial charge in [0.25, 0.3) is 0 Å². The van der Waals surface area contributed by atoms with Crippen LogP contribution in [0.5, 0.6) is 0 Å². The Bertz CT molecular complexity index is 782. The second-order valence-electron chi connectivity index (χ2n) is 7.83. The quantitative estimate of drug-likeness (QED) is 0.579. The molecule has 3 N–H and O–H groups in total. The van der Waals surface area contributed by atoms with Crippen LogP contribution in [0.15, 0.2) is 40.9 Å². The molecule has 3 atom stereocenters. The molecule has 8 nitrogen and oxygen atoms in total. The lowest BCUT2D eigenvalue weighted by atomic mass is 9.98. The summed E-state index contributed by atoms with van der Waals surface area (Å²) in [6.45, 7) is 4.19. The number of nitrogens with zero attached hydrogens (tertiary/aromatic N) is 2. The summed E-state index contributed by atoms with van der Waals surface area (Å²) >= 11 is 0. The highest BCUT2D eigenvalue weighted by molar-refractivity contribution is 5.73. The standard InChI is InChI=1S/C22H32N4O4/c1-3-23-22(28)24-13-21-20(27)10-9-18(29-21)11-17-12-19(30-25-17)15-26(2)14-16-7-5-4-6-8-16/h4-8,12,18,20-21,27H,3,9-11,13-15H2,1-2H3,(H2,23,24,28). The second-order valence-corrected chi connectivity index (χ2v) is 7.83. The number of hydrogen-bond acceptors (Lipinski definition) is 6. The highest BCUT2D eigenvalue weighted by Gasteiger charge is 2.30. The zero-order chi connectivity index (χ0) is 21.3. The van der Waals surface area contributed by atoms with Crippen molar-refractivity contribution in [3.8, 4) is 0 Å². The summed E-state index contributed by atoms with van der Waals surface area (Å²) in [4.78, 5) is 13.8. The number of aromatic nitrogens is 1. The van der Waals surface area contributed by atoms with E-state index < -0.39 is 12.2 Å². The fraction of sp³-hybridized carbons (Fsp3) is 0.545. The molecule has 30 heavy (non-hydrogen) atoms. The molecule has 164 valence electrons. The van der Waals surface area contributed by atoms with Crippen LogP contribution in [0, 0.1) is 0 Å². The molecule has 2 heterocycles. The fourth-order valence-electron chi connectivity index (χ4n) is 3.68. The van der Waals surface area contributed by atoms with E-state index in [1.807, 2.05) is 38.2 Å². The van der Waals surface area contributed by atoms with E-state index in [4.69, 9.17) is 9.26 Å². The van der Waals surface area contributed by atoms with Crippen LogP contribution in [0.25, 0.3) is 0 Å². The third-order valence-corrected chi connectivity index (χ3v) is 5.15. The van der Waals surface area contributed by atoms with E-state index in [1.165, 1.54) is 5.56 Å². The van der Waals surface area contributed by atoms with Gasteiger partial charge in [-0.1, -0.05) is 35.5 Å². The molecule has 1 aliphatic rings. The summed E-state index contributed by atoms with van der Waals surface area (Å²) in [6, 6.07) is 12.0. The molecule has 3 unspecified atom stereocenters. The molecule has 2 aromatic rings. The van der Waals surface area contributed by atoms with Crippen molar-refractivity contribution in [2.45, 2.75) is 57.6 Å². The number of benzene rings is 1. The predicted molar refractivity (Wildman–Crippen MR) is 113 cm³/mol. The molecule has 0 aliphatic carbocycles. The number of aliphatic hydroxyl groups is 1. The van der Waals surface area contributed by atoms with E-state index in [1.54, 1.807) is 0 Å². The van der Waals surface area contributed by atoms with Gasteiger partial charge in [-0.05, 0) is 32.4 Å². The van der Waals surface area contributed by atoms with Gasteiger partial charge in [-0.15, -0.1) is 0 Å². The summed E-state index contributed by atoms with van der Waals surface area (Å²) in [5.74, 6) is 0.814. The van der Waals surface area contributed by atoms with Gasteiger partial charge in [0.1, 0.15) is 6.10 Å². The Morgan fingerprint density at radius 1 is 1.23 bits per heavy atom. The number of urea groups is 1. The average Bonchev–Trinajstić information content (AvgIpc) is 3.16. The van der Waals surface area contributed by atoms with Gasteiger partial charge in [-0.2, -0.15) is 0 Å². The third-order valence-electron chi connectivity index (χ3n) is 5.15. The molecule has 1 saturated heterocycles. The Labute approximate surface area is 177 Å². The first kappa shape index (κ1) is 22.3. The van der Waals surface area contributed by atoms with Crippen molar-refractivity contribution in [2.24, 2.45) is 0 Å². The Hall–Kier alpha value is -2.42. The van der Waals surface area contributed by atoms with E-state index in [-0.39, 0.29) is 18.7 Å². The number of hydrogen-bond donors (Lipinski definition) is 3. The van der Waals surface area contributed by atoms with E-state index in [0.717, 1.165) is 24.4 Å². The highest BCUT2D eigenvalue weighted by Crippen LogP contribution is 2.22. The minimum Gasteiger partial charge on any atom is -0.390 e. The maximum absolute atomic E-state index is 11.6. The molecule has 1 aromatic carbocycles. The Morgan fingerprint density at radius 3 is 2.80 bits per heavy atom. The molecular weight excluding hydrogens is 384 g/mol. The van der Waals surface area contributed by atoms with Crippen LogP contribution >= 0.6 is 0 Å². The molecule has 0 saturated carbocycles. The summed E-state index contributed by atoms with van der Waals surface area (Å²) in [5.41, 5.74) is 2.09. The van der Waals surface area contributed by atoms with Gasteiger partial charge in [0.15, 0.2) is 5.76 Å². The molecule has 8 heteroatoms. The number of ether oxygens (including phenoxy) is 1. The largest absolute Gasteiger partial charge is 0.390 e. The van der Waals surface area contributed by atoms with E-state index >= 15 is 0 Å². The first-order valence-electron chi connectivity index (χ1n) is 10.6. The van der Waals surface area contributed by atoms with Gasteiger partial charge in [0, 0.05) is 32.1 Å². The van der Waals surface area contributed by atoms with E-state index in [2.05, 4.69) is 32.8 Å². The van der Waals surface area contributed by atoms with Crippen molar-refractivity contribution in [3.63, 3.8) is 0 Å². The summed E-state index contributed by atoms with van der Waals surface area (Å²) in [5, 5.41) is 19.8. The molecule has 1 aliphatic heterocycles. The van der Waals surface area contributed by atoms with Crippen molar-refractivity contribution in [2.75, 3.05) is 20.1 Å². The summed E-state index contributed by atoms with van der Waals surface area (Å²) in [6.07, 6.45) is 0.939. The number of amides is 2. The van der Waals surface area contributed by atoms with Crippen molar-refractivity contribution in [1.29, 1.82) is 0 Å². The predicted octanol–water partition coefficient (Wildman–Crippen LogP) is 2.08. The van der Waals surface area contributed by atoms with Gasteiger partial charge >= 0.3 is 6.03 Å². The van der Waals surface area contributed by atoms with Crippen LogP contribution in [0.3, 0.4) is 0 Å². The average molecular weight is 417 g/mol. The smallest absolute Gasteiger partial charge is 0.314 e.